The first-order valence-electron chi connectivity index (χ1n) is 19.8. The lowest BCUT2D eigenvalue weighted by molar-refractivity contribution is -0.136. The molecule has 0 bridgehead atoms. The zero-order chi connectivity index (χ0) is 39.6. The molecule has 1 unspecified atom stereocenters. The van der Waals surface area contributed by atoms with Crippen LogP contribution in [-0.2, 0) is 9.59 Å². The lowest BCUT2D eigenvalue weighted by Gasteiger charge is -2.48. The summed E-state index contributed by atoms with van der Waals surface area (Å²) in [4.78, 5) is 68.5. The largest absolute Gasteiger partial charge is 0.474 e. The monoisotopic (exact) mass is 794 g/mol. The molecular formula is C42H44ClFN8O5. The van der Waals surface area contributed by atoms with E-state index < -0.39 is 35.5 Å². The van der Waals surface area contributed by atoms with Crippen molar-refractivity contribution in [3.8, 4) is 5.88 Å². The molecule has 13 nitrogen and oxygen atoms in total. The molecule has 7 heterocycles. The minimum Gasteiger partial charge on any atom is -0.474 e. The van der Waals surface area contributed by atoms with Crippen LogP contribution < -0.4 is 24.8 Å². The van der Waals surface area contributed by atoms with Gasteiger partial charge in [-0.3, -0.25) is 34.3 Å². The van der Waals surface area contributed by atoms with Crippen LogP contribution in [0.1, 0.15) is 72.6 Å². The second-order valence-corrected chi connectivity index (χ2v) is 16.9. The van der Waals surface area contributed by atoms with Crippen molar-refractivity contribution in [3.63, 3.8) is 0 Å². The molecule has 9 rings (SSSR count). The fourth-order valence-electron chi connectivity index (χ4n) is 9.79. The smallest absolute Gasteiger partial charge is 0.262 e. The van der Waals surface area contributed by atoms with E-state index >= 15 is 4.39 Å². The number of pyridine rings is 1. The molecule has 2 aromatic carbocycles. The van der Waals surface area contributed by atoms with Crippen LogP contribution >= 0.6 is 11.6 Å². The Morgan fingerprint density at radius 3 is 2.32 bits per heavy atom. The van der Waals surface area contributed by atoms with Crippen LogP contribution in [0.2, 0.25) is 5.02 Å². The van der Waals surface area contributed by atoms with Gasteiger partial charge in [0.2, 0.25) is 23.4 Å². The number of carbonyl (C=O) groups excluding carboxylic acids is 4. The van der Waals surface area contributed by atoms with Crippen LogP contribution in [0, 0.1) is 17.8 Å². The maximum absolute atomic E-state index is 15.3. The highest BCUT2D eigenvalue weighted by molar-refractivity contribution is 6.33. The zero-order valence-electron chi connectivity index (χ0n) is 31.8. The Kier molecular flexibility index (Phi) is 9.56. The average molecular weight is 795 g/mol. The summed E-state index contributed by atoms with van der Waals surface area (Å²) < 4.78 is 21.7. The summed E-state index contributed by atoms with van der Waals surface area (Å²) in [6.45, 7) is 15.4. The molecule has 3 aromatic rings. The number of benzene rings is 2. The van der Waals surface area contributed by atoms with E-state index in [2.05, 4.69) is 42.8 Å². The Labute approximate surface area is 335 Å². The Hall–Kier alpha value is -5.26. The van der Waals surface area contributed by atoms with Crippen LogP contribution in [0.25, 0.3) is 4.85 Å². The minimum atomic E-state index is -1.09. The van der Waals surface area contributed by atoms with Crippen molar-refractivity contribution in [2.75, 3.05) is 60.5 Å². The number of nitrogens with zero attached hydrogens (tertiary/aromatic N) is 7. The molecule has 5 saturated heterocycles. The summed E-state index contributed by atoms with van der Waals surface area (Å²) in [7, 11) is 0. The second-order valence-electron chi connectivity index (χ2n) is 16.5. The fraction of sp³-hybridized carbons (Fsp3) is 0.476. The highest BCUT2D eigenvalue weighted by Gasteiger charge is 2.47. The van der Waals surface area contributed by atoms with Gasteiger partial charge in [0.1, 0.15) is 18.0 Å². The molecule has 5 fully saturated rings. The molecule has 296 valence electrons. The van der Waals surface area contributed by atoms with E-state index in [0.29, 0.717) is 35.7 Å². The number of aromatic nitrogens is 1. The first-order chi connectivity index (χ1) is 27.5. The number of hydrogen-bond acceptors (Lipinski definition) is 10. The topological polar surface area (TPSA) is 123 Å². The maximum Gasteiger partial charge on any atom is 0.262 e. The van der Waals surface area contributed by atoms with Crippen LogP contribution in [0.15, 0.2) is 48.7 Å². The Bertz CT molecular complexity index is 2180. The summed E-state index contributed by atoms with van der Waals surface area (Å²) in [5.74, 6) is -2.47. The highest BCUT2D eigenvalue weighted by Crippen LogP contribution is 2.46. The van der Waals surface area contributed by atoms with Crippen LogP contribution in [0.5, 0.6) is 5.88 Å². The molecule has 57 heavy (non-hydrogen) atoms. The van der Waals surface area contributed by atoms with Gasteiger partial charge in [-0.2, -0.15) is 0 Å². The van der Waals surface area contributed by atoms with Gasteiger partial charge in [-0.05, 0) is 81.2 Å². The van der Waals surface area contributed by atoms with Crippen LogP contribution in [0.3, 0.4) is 0 Å². The summed E-state index contributed by atoms with van der Waals surface area (Å²) in [6, 6.07) is 11.9. The molecule has 4 amide bonds. The maximum atomic E-state index is 15.3. The summed E-state index contributed by atoms with van der Waals surface area (Å²) >= 11 is 6.38. The molecule has 15 heteroatoms. The normalized spacial score (nSPS) is 24.2. The minimum absolute atomic E-state index is 0.0214. The van der Waals surface area contributed by atoms with Gasteiger partial charge in [0.25, 0.3) is 11.8 Å². The predicted octanol–water partition coefficient (Wildman–Crippen LogP) is 5.44. The average Bonchev–Trinajstić information content (AvgIpc) is 3.63. The van der Waals surface area contributed by atoms with Gasteiger partial charge in [-0.15, -0.1) is 0 Å². The van der Waals surface area contributed by atoms with E-state index in [4.69, 9.17) is 22.9 Å². The molecule has 2 atom stereocenters. The van der Waals surface area contributed by atoms with Gasteiger partial charge >= 0.3 is 0 Å². The number of nitrogens with one attached hydrogen (secondary N) is 1. The lowest BCUT2D eigenvalue weighted by Crippen LogP contribution is -2.61. The van der Waals surface area contributed by atoms with Gasteiger partial charge in [0.15, 0.2) is 0 Å². The Morgan fingerprint density at radius 1 is 0.930 bits per heavy atom. The van der Waals surface area contributed by atoms with Crippen molar-refractivity contribution < 1.29 is 28.3 Å². The number of ether oxygens (including phenoxy) is 1. The number of anilines is 3. The molecule has 1 aromatic heterocycles. The zero-order valence-corrected chi connectivity index (χ0v) is 32.5. The molecule has 6 aliphatic rings. The molecule has 1 N–H and O–H groups in total. The van der Waals surface area contributed by atoms with E-state index in [1.807, 2.05) is 35.4 Å². The van der Waals surface area contributed by atoms with Gasteiger partial charge in [-0.1, -0.05) is 17.7 Å². The highest BCUT2D eigenvalue weighted by atomic mass is 35.5. The third-order valence-electron chi connectivity index (χ3n) is 13.1. The van der Waals surface area contributed by atoms with Crippen molar-refractivity contribution in [1.82, 2.24) is 20.1 Å². The van der Waals surface area contributed by atoms with Gasteiger partial charge in [0, 0.05) is 81.1 Å². The van der Waals surface area contributed by atoms with Gasteiger partial charge in [0.05, 0.1) is 35.3 Å². The van der Waals surface area contributed by atoms with E-state index in [-0.39, 0.29) is 47.2 Å². The van der Waals surface area contributed by atoms with Crippen molar-refractivity contribution >= 4 is 58.0 Å². The summed E-state index contributed by atoms with van der Waals surface area (Å²) in [5, 5.41) is 2.69. The number of likely N-dealkylation sites (tertiary alicyclic amines) is 1. The molecule has 1 spiro atoms. The molecular weight excluding hydrogens is 751 g/mol. The van der Waals surface area contributed by atoms with Crippen molar-refractivity contribution in [1.29, 1.82) is 0 Å². The number of piperidine rings is 3. The fourth-order valence-corrected chi connectivity index (χ4v) is 10.0. The number of fused-ring (bicyclic) bond motifs is 1. The predicted molar refractivity (Wildman–Crippen MR) is 212 cm³/mol. The summed E-state index contributed by atoms with van der Waals surface area (Å²) in [5.41, 5.74) is 3.22. The van der Waals surface area contributed by atoms with E-state index in [1.54, 1.807) is 0 Å². The first-order valence-corrected chi connectivity index (χ1v) is 20.2. The van der Waals surface area contributed by atoms with E-state index in [0.717, 1.165) is 87.2 Å². The summed E-state index contributed by atoms with van der Waals surface area (Å²) in [6.07, 6.45) is 7.08. The molecule has 6 aliphatic heterocycles. The molecule has 0 aliphatic carbocycles. The third-order valence-corrected chi connectivity index (χ3v) is 13.4. The van der Waals surface area contributed by atoms with Crippen LogP contribution in [0.4, 0.5) is 27.1 Å². The third kappa shape index (κ3) is 6.84. The van der Waals surface area contributed by atoms with Crippen molar-refractivity contribution in [3.05, 3.63) is 82.0 Å². The molecule has 0 saturated carbocycles. The number of amides is 4. The quantitative estimate of drug-likeness (QED) is 0.244. The van der Waals surface area contributed by atoms with Crippen LogP contribution in [-0.4, -0.2) is 108 Å². The number of imide groups is 2. The SMILES string of the molecule is [C-]#[N+]c1ccc(N2CC3(CCN(c4ccc(OC5CCN(C6CN(c7cc8c(cc7F)C(=O)N(C7CCC(=O)NC7=O)C8=O)C6)CC5)nc4)CC3)C[C@@H]2C)cc1Cl. The second kappa shape index (κ2) is 14.6. The number of hydrogen-bond donors (Lipinski definition) is 1. The number of carbonyl (C=O) groups is 4. The first kappa shape index (κ1) is 37.3. The lowest BCUT2D eigenvalue weighted by atomic mass is 9.76. The standard InChI is InChI=1S/C42H44ClFN8O5/c1-25-20-42(24-51(25)26-3-5-34(45-2)32(43)17-26)11-15-49(16-12-42)27-4-8-38(46-21-27)57-29-9-13-48(14-10-29)28-22-50(23-28)36-19-31-30(18-33(36)44)40(55)52(41(31)56)35-6-7-37(53)47-39(35)54/h3-5,8,17-19,21,25,28-29,35H,6-7,9-16,20,22-24H2,1H3,(H,47,53,54)/t25-,35?/m0/s1. The number of halogens is 2. The Morgan fingerprint density at radius 2 is 1.65 bits per heavy atom. The van der Waals surface area contributed by atoms with E-state index in [1.165, 1.54) is 6.07 Å². The van der Waals surface area contributed by atoms with Gasteiger partial charge < -0.3 is 19.4 Å². The van der Waals surface area contributed by atoms with Crippen molar-refractivity contribution in [2.45, 2.75) is 76.1 Å². The van der Waals surface area contributed by atoms with E-state index in [9.17, 15) is 19.2 Å². The molecule has 0 radical (unpaired) electrons. The Balaban J connectivity index is 0.735. The number of rotatable bonds is 7. The van der Waals surface area contributed by atoms with Gasteiger partial charge in [-0.25, -0.2) is 14.2 Å². The van der Waals surface area contributed by atoms with Crippen molar-refractivity contribution in [2.24, 2.45) is 5.41 Å².